The van der Waals surface area contributed by atoms with E-state index < -0.39 is 23.4 Å². The lowest BCUT2D eigenvalue weighted by Crippen LogP contribution is -2.32. The zero-order chi connectivity index (χ0) is 29.9. The summed E-state index contributed by atoms with van der Waals surface area (Å²) in [6, 6.07) is 15.6. The number of carboxylic acids is 1. The van der Waals surface area contributed by atoms with Crippen molar-refractivity contribution in [1.82, 2.24) is 14.5 Å². The Morgan fingerprint density at radius 2 is 1.91 bits per heavy atom. The second-order valence-electron chi connectivity index (χ2n) is 10.7. The van der Waals surface area contributed by atoms with Crippen molar-refractivity contribution in [2.24, 2.45) is 0 Å². The van der Waals surface area contributed by atoms with Crippen LogP contribution in [-0.2, 0) is 23.5 Å². The van der Waals surface area contributed by atoms with Crippen LogP contribution in [0.25, 0.3) is 22.2 Å². The summed E-state index contributed by atoms with van der Waals surface area (Å²) in [4.78, 5) is 20.5. The number of carbonyl (C=O) groups is 1. The molecule has 0 bridgehead atoms. The van der Waals surface area contributed by atoms with Gasteiger partial charge in [0.15, 0.2) is 11.5 Å². The highest BCUT2D eigenvalue weighted by Crippen LogP contribution is 2.49. The minimum Gasteiger partial charge on any atom is -0.478 e. The first kappa shape index (κ1) is 27.3. The number of hydrogen-bond acceptors (Lipinski definition) is 6. The summed E-state index contributed by atoms with van der Waals surface area (Å²) in [6.07, 6.45) is 2.09. The lowest BCUT2D eigenvalue weighted by molar-refractivity contribution is -0.0715. The second kappa shape index (κ2) is 10.3. The third kappa shape index (κ3) is 4.86. The molecule has 4 heterocycles. The lowest BCUT2D eigenvalue weighted by Gasteiger charge is -2.27. The number of imidazole rings is 1. The Kier molecular flexibility index (Phi) is 6.55. The maximum atomic E-state index is 15.7. The first-order valence-corrected chi connectivity index (χ1v) is 14.0. The number of halogens is 3. The first-order chi connectivity index (χ1) is 20.7. The van der Waals surface area contributed by atoms with Crippen molar-refractivity contribution in [2.45, 2.75) is 38.2 Å². The number of para-hydroxylation sites is 1. The number of benzene rings is 3. The van der Waals surface area contributed by atoms with E-state index in [4.69, 9.17) is 25.8 Å². The third-order valence-corrected chi connectivity index (χ3v) is 8.04. The minimum atomic E-state index is -1.26. The number of carboxylic acid groups (broad SMARTS) is 1. The van der Waals surface area contributed by atoms with E-state index in [0.29, 0.717) is 57.8 Å². The van der Waals surface area contributed by atoms with Gasteiger partial charge in [-0.15, -0.1) is 0 Å². The molecule has 1 fully saturated rings. The van der Waals surface area contributed by atoms with E-state index in [9.17, 15) is 9.90 Å². The van der Waals surface area contributed by atoms with Gasteiger partial charge in [0.05, 0.1) is 34.3 Å². The number of pyridine rings is 1. The Morgan fingerprint density at radius 3 is 2.58 bits per heavy atom. The molecule has 2 aliphatic heterocycles. The SMILES string of the molecule is CC1(c2ccc(Cl)cn2)Oc2cccc(-c3cc(F)c(Cc4nc5ccc(C(=O)O)cc5n4C[C@@H]4CCO4)c(F)c3)c2O1. The number of nitrogens with zero attached hydrogens (tertiary/aromatic N) is 3. The van der Waals surface area contributed by atoms with Gasteiger partial charge in [0, 0.05) is 37.3 Å². The number of hydrogen-bond donors (Lipinski definition) is 1. The molecule has 0 aliphatic carbocycles. The average Bonchev–Trinajstić information content (AvgIpc) is 3.49. The molecule has 1 unspecified atom stereocenters. The molecule has 0 saturated carbocycles. The maximum absolute atomic E-state index is 15.7. The van der Waals surface area contributed by atoms with E-state index in [0.717, 1.165) is 6.42 Å². The molecule has 0 radical (unpaired) electrons. The van der Waals surface area contributed by atoms with Crippen LogP contribution in [0.4, 0.5) is 8.78 Å². The fourth-order valence-corrected chi connectivity index (χ4v) is 5.58. The molecular formula is C32H24ClF2N3O5. The third-order valence-electron chi connectivity index (χ3n) is 7.81. The Balaban J connectivity index is 1.23. The Hall–Kier alpha value is -4.54. The summed E-state index contributed by atoms with van der Waals surface area (Å²) in [6.45, 7) is 2.73. The van der Waals surface area contributed by atoms with E-state index in [1.807, 2.05) is 0 Å². The fourth-order valence-electron chi connectivity index (χ4n) is 5.47. The molecule has 2 aliphatic rings. The van der Waals surface area contributed by atoms with Gasteiger partial charge in [-0.3, -0.25) is 4.98 Å². The van der Waals surface area contributed by atoms with Crippen molar-refractivity contribution >= 4 is 28.6 Å². The standard InChI is InChI=1S/C32H24ClF2N3O5/c1-32(28-8-6-19(33)15-36-28)42-27-4-2-3-21(30(27)43-32)18-11-23(34)22(24(35)12-18)14-29-37-25-7-5-17(31(39)40)13-26(25)38(29)16-20-9-10-41-20/h2-8,11-13,15,20H,9-10,14,16H2,1H3,(H,39,40)/t20-,32?/m0/s1. The zero-order valence-corrected chi connectivity index (χ0v) is 23.6. The van der Waals surface area contributed by atoms with Crippen molar-refractivity contribution in [3.8, 4) is 22.6 Å². The average molecular weight is 604 g/mol. The van der Waals surface area contributed by atoms with E-state index in [-0.39, 0.29) is 29.2 Å². The van der Waals surface area contributed by atoms with Crippen molar-refractivity contribution in [3.63, 3.8) is 0 Å². The number of ether oxygens (including phenoxy) is 3. The van der Waals surface area contributed by atoms with Gasteiger partial charge in [0.1, 0.15) is 23.2 Å². The van der Waals surface area contributed by atoms with Gasteiger partial charge >= 0.3 is 5.97 Å². The first-order valence-electron chi connectivity index (χ1n) is 13.6. The van der Waals surface area contributed by atoms with Gasteiger partial charge in [-0.25, -0.2) is 18.6 Å². The smallest absolute Gasteiger partial charge is 0.335 e. The Labute approximate surface area is 249 Å². The topological polar surface area (TPSA) is 95.7 Å². The van der Waals surface area contributed by atoms with Crippen LogP contribution in [-0.4, -0.2) is 38.3 Å². The van der Waals surface area contributed by atoms with Gasteiger partial charge in [-0.05, 0) is 60.5 Å². The zero-order valence-electron chi connectivity index (χ0n) is 22.8. The Bertz CT molecular complexity index is 1880. The number of rotatable bonds is 7. The molecule has 0 amide bonds. The van der Waals surface area contributed by atoms with Crippen molar-refractivity contribution in [1.29, 1.82) is 0 Å². The monoisotopic (exact) mass is 603 g/mol. The molecular weight excluding hydrogens is 580 g/mol. The van der Waals surface area contributed by atoms with Crippen molar-refractivity contribution in [3.05, 3.63) is 106 Å². The highest BCUT2D eigenvalue weighted by atomic mass is 35.5. The van der Waals surface area contributed by atoms with E-state index in [2.05, 4.69) is 9.97 Å². The quantitative estimate of drug-likeness (QED) is 0.220. The summed E-state index contributed by atoms with van der Waals surface area (Å²) in [7, 11) is 0. The largest absolute Gasteiger partial charge is 0.478 e. The van der Waals surface area contributed by atoms with Crippen LogP contribution in [0.3, 0.4) is 0 Å². The van der Waals surface area contributed by atoms with Crippen LogP contribution in [0, 0.1) is 11.6 Å². The molecule has 7 rings (SSSR count). The lowest BCUT2D eigenvalue weighted by atomic mass is 10.00. The highest BCUT2D eigenvalue weighted by Gasteiger charge is 2.41. The van der Waals surface area contributed by atoms with Gasteiger partial charge in [0.2, 0.25) is 0 Å². The molecule has 3 aromatic carbocycles. The summed E-state index contributed by atoms with van der Waals surface area (Å²) >= 11 is 5.98. The normalized spacial score (nSPS) is 19.0. The molecule has 218 valence electrons. The molecule has 2 atom stereocenters. The van der Waals surface area contributed by atoms with Crippen LogP contribution in [0.1, 0.15) is 40.8 Å². The molecule has 1 N–H and O–H groups in total. The van der Waals surface area contributed by atoms with E-state index >= 15 is 8.78 Å². The van der Waals surface area contributed by atoms with Crippen LogP contribution in [0.5, 0.6) is 11.5 Å². The molecule has 1 saturated heterocycles. The molecule has 43 heavy (non-hydrogen) atoms. The van der Waals surface area contributed by atoms with Crippen molar-refractivity contribution in [2.75, 3.05) is 6.61 Å². The van der Waals surface area contributed by atoms with Gasteiger partial charge in [-0.2, -0.15) is 0 Å². The van der Waals surface area contributed by atoms with Gasteiger partial charge < -0.3 is 23.9 Å². The maximum Gasteiger partial charge on any atom is 0.335 e. The fraction of sp³-hybridized carbons (Fsp3) is 0.219. The van der Waals surface area contributed by atoms with Crippen LogP contribution in [0.15, 0.2) is 66.9 Å². The summed E-state index contributed by atoms with van der Waals surface area (Å²) < 4.78 is 51.1. The molecule has 11 heteroatoms. The number of aromatic carboxylic acids is 1. The van der Waals surface area contributed by atoms with Gasteiger partial charge in [0.25, 0.3) is 5.79 Å². The van der Waals surface area contributed by atoms with Crippen LogP contribution >= 0.6 is 11.6 Å². The minimum absolute atomic E-state index is 0.0853. The van der Waals surface area contributed by atoms with E-state index in [1.165, 1.54) is 30.5 Å². The molecule has 8 nitrogen and oxygen atoms in total. The predicted molar refractivity (Wildman–Crippen MR) is 154 cm³/mol. The molecule has 2 aromatic heterocycles. The second-order valence-corrected chi connectivity index (χ2v) is 11.1. The number of aromatic nitrogens is 3. The predicted octanol–water partition coefficient (Wildman–Crippen LogP) is 6.75. The van der Waals surface area contributed by atoms with Crippen LogP contribution in [0.2, 0.25) is 5.02 Å². The van der Waals surface area contributed by atoms with E-state index in [1.54, 1.807) is 47.9 Å². The van der Waals surface area contributed by atoms with Gasteiger partial charge in [-0.1, -0.05) is 23.7 Å². The van der Waals surface area contributed by atoms with Crippen molar-refractivity contribution < 1.29 is 32.9 Å². The Morgan fingerprint density at radius 1 is 1.12 bits per heavy atom. The number of fused-ring (bicyclic) bond motifs is 2. The highest BCUT2D eigenvalue weighted by molar-refractivity contribution is 6.30. The summed E-state index contributed by atoms with van der Waals surface area (Å²) in [5.41, 5.74) is 2.25. The summed E-state index contributed by atoms with van der Waals surface area (Å²) in [5, 5.41) is 9.95. The summed E-state index contributed by atoms with van der Waals surface area (Å²) in [5.74, 6) is -2.68. The molecule has 5 aromatic rings. The molecule has 0 spiro atoms. The van der Waals surface area contributed by atoms with Crippen LogP contribution < -0.4 is 9.47 Å².